The summed E-state index contributed by atoms with van der Waals surface area (Å²) in [6.07, 6.45) is 1.20. The number of anilines is 1. The zero-order valence-corrected chi connectivity index (χ0v) is 9.05. The Morgan fingerprint density at radius 2 is 1.86 bits per heavy atom. The Morgan fingerprint density at radius 1 is 1.21 bits per heavy atom. The van der Waals surface area contributed by atoms with Crippen molar-refractivity contribution < 1.29 is 6.13 Å². The van der Waals surface area contributed by atoms with Crippen molar-refractivity contribution in [3.63, 3.8) is 0 Å². The molecule has 0 fully saturated rings. The minimum Gasteiger partial charge on any atom is -1.00 e. The van der Waals surface area contributed by atoms with Crippen molar-refractivity contribution in [3.05, 3.63) is 29.8 Å². The lowest BCUT2D eigenvalue weighted by atomic mass is 10.1. The quantitative estimate of drug-likeness (QED) is 0.570. The summed E-state index contributed by atoms with van der Waals surface area (Å²) in [7, 11) is 0. The van der Waals surface area contributed by atoms with Crippen LogP contribution in [0.5, 0.6) is 0 Å². The van der Waals surface area contributed by atoms with E-state index in [0.29, 0.717) is 0 Å². The third-order valence-electron chi connectivity index (χ3n) is 2.70. The first kappa shape index (κ1) is 11.0. The van der Waals surface area contributed by atoms with Gasteiger partial charge in [0.1, 0.15) is 0 Å². The molecular formula is C12H19FN-. The van der Waals surface area contributed by atoms with Crippen molar-refractivity contribution in [2.75, 3.05) is 11.4 Å². The van der Waals surface area contributed by atoms with E-state index in [4.69, 9.17) is 0 Å². The number of para-hydroxylation sites is 1. The second-order valence-electron chi connectivity index (χ2n) is 4.70. The summed E-state index contributed by atoms with van der Waals surface area (Å²) in [6.45, 7) is 7.99. The molecule has 0 aliphatic carbocycles. The summed E-state index contributed by atoms with van der Waals surface area (Å²) in [4.78, 5) is 2.49. The van der Waals surface area contributed by atoms with Crippen LogP contribution in [0.2, 0.25) is 0 Å². The SMILES string of the molecule is CC(C)(C)N1CCc2ccccc21.[2HH].[F-]. The average molecular weight is 197 g/mol. The van der Waals surface area contributed by atoms with Gasteiger partial charge in [-0.15, -0.1) is 0 Å². The molecule has 2 heteroatoms. The number of rotatable bonds is 0. The predicted molar refractivity (Wildman–Crippen MR) is 59.4 cm³/mol. The fraction of sp³-hybridized carbons (Fsp3) is 0.500. The summed E-state index contributed by atoms with van der Waals surface area (Å²) in [5, 5.41) is 0. The zero-order chi connectivity index (χ0) is 9.47. The Kier molecular flexibility index (Phi) is 2.84. The van der Waals surface area contributed by atoms with Gasteiger partial charge >= 0.3 is 0 Å². The predicted octanol–water partition coefficient (Wildman–Crippen LogP) is 0.0976. The zero-order valence-electron chi connectivity index (χ0n) is 9.05. The second-order valence-corrected chi connectivity index (χ2v) is 4.70. The lowest BCUT2D eigenvalue weighted by Crippen LogP contribution is -3.00. The highest BCUT2D eigenvalue weighted by atomic mass is 19.0. The molecule has 0 radical (unpaired) electrons. The first-order chi connectivity index (χ1) is 6.09. The highest BCUT2D eigenvalue weighted by molar-refractivity contribution is 5.59. The molecule has 0 unspecified atom stereocenters. The van der Waals surface area contributed by atoms with Crippen molar-refractivity contribution in [2.45, 2.75) is 32.7 Å². The molecule has 2 rings (SSSR count). The molecule has 1 heterocycles. The molecule has 0 aromatic heterocycles. The first-order valence-corrected chi connectivity index (χ1v) is 4.94. The van der Waals surface area contributed by atoms with Crippen LogP contribution < -0.4 is 9.60 Å². The Labute approximate surface area is 86.6 Å². The van der Waals surface area contributed by atoms with Gasteiger partial charge in [0, 0.05) is 19.2 Å². The third kappa shape index (κ3) is 1.74. The highest BCUT2D eigenvalue weighted by Crippen LogP contribution is 2.32. The van der Waals surface area contributed by atoms with Crippen LogP contribution >= 0.6 is 0 Å². The highest BCUT2D eigenvalue weighted by Gasteiger charge is 2.27. The molecule has 1 aliphatic rings. The van der Waals surface area contributed by atoms with Crippen LogP contribution in [-0.2, 0) is 6.42 Å². The van der Waals surface area contributed by atoms with Crippen molar-refractivity contribution in [1.29, 1.82) is 0 Å². The smallest absolute Gasteiger partial charge is 0.0403 e. The molecule has 0 saturated heterocycles. The maximum atomic E-state index is 2.49. The molecule has 14 heavy (non-hydrogen) atoms. The summed E-state index contributed by atoms with van der Waals surface area (Å²) in [5.41, 5.74) is 3.18. The standard InChI is InChI=1S/C12H17N.FH.H2/c1-12(2,3)13-9-8-10-6-4-5-7-11(10)13;;/h4-7H,8-9H2,1-3H3;2*1H/p-1/i;;1+1. The number of hydrogen-bond donors (Lipinski definition) is 0. The minimum absolute atomic E-state index is 0. The molecule has 1 nitrogen and oxygen atoms in total. The molecule has 0 spiro atoms. The van der Waals surface area contributed by atoms with Crippen LogP contribution in [0.15, 0.2) is 24.3 Å². The Hall–Kier alpha value is -1.05. The molecule has 1 aromatic rings. The molecule has 80 valence electrons. The average Bonchev–Trinajstić information content (AvgIpc) is 2.45. The van der Waals surface area contributed by atoms with Crippen molar-refractivity contribution >= 4 is 5.69 Å². The summed E-state index contributed by atoms with van der Waals surface area (Å²) in [6, 6.07) is 8.72. The van der Waals surface area contributed by atoms with Gasteiger partial charge in [-0.25, -0.2) is 0 Å². The number of fused-ring (bicyclic) bond motifs is 1. The van der Waals surface area contributed by atoms with E-state index in [0.717, 1.165) is 0 Å². The molecule has 0 atom stereocenters. The number of nitrogens with zero attached hydrogens (tertiary/aromatic N) is 1. The van der Waals surface area contributed by atoms with E-state index in [1.807, 2.05) is 0 Å². The van der Waals surface area contributed by atoms with Crippen molar-refractivity contribution in [1.82, 2.24) is 0 Å². The van der Waals surface area contributed by atoms with Gasteiger partial charge in [0.25, 0.3) is 0 Å². The molecular weight excluding hydrogens is 177 g/mol. The van der Waals surface area contributed by atoms with Crippen LogP contribution in [0.25, 0.3) is 0 Å². The number of hydrogen-bond acceptors (Lipinski definition) is 1. The molecule has 0 bridgehead atoms. The first-order valence-electron chi connectivity index (χ1n) is 4.94. The summed E-state index contributed by atoms with van der Waals surface area (Å²) in [5.74, 6) is 0. The van der Waals surface area contributed by atoms with Crippen molar-refractivity contribution in [2.24, 2.45) is 0 Å². The maximum absolute atomic E-state index is 2.49. The van der Waals surface area contributed by atoms with Gasteiger partial charge in [0.2, 0.25) is 0 Å². The van der Waals surface area contributed by atoms with Gasteiger partial charge in [0.15, 0.2) is 0 Å². The van der Waals surface area contributed by atoms with Gasteiger partial charge < -0.3 is 9.60 Å². The van der Waals surface area contributed by atoms with Gasteiger partial charge in [-0.05, 0) is 38.8 Å². The lowest BCUT2D eigenvalue weighted by Gasteiger charge is -2.34. The van der Waals surface area contributed by atoms with Crippen LogP contribution in [0.3, 0.4) is 0 Å². The van der Waals surface area contributed by atoms with E-state index in [2.05, 4.69) is 49.9 Å². The monoisotopic (exact) mass is 197 g/mol. The topological polar surface area (TPSA) is 3.24 Å². The van der Waals surface area contributed by atoms with E-state index < -0.39 is 0 Å². The number of benzene rings is 1. The van der Waals surface area contributed by atoms with E-state index >= 15 is 0 Å². The fourth-order valence-electron chi connectivity index (χ4n) is 2.04. The third-order valence-corrected chi connectivity index (χ3v) is 2.70. The summed E-state index contributed by atoms with van der Waals surface area (Å²) < 4.78 is 0. The van der Waals surface area contributed by atoms with E-state index in [1.165, 1.54) is 24.2 Å². The van der Waals surface area contributed by atoms with Crippen LogP contribution in [-0.4, -0.2) is 12.1 Å². The largest absolute Gasteiger partial charge is 1.00 e. The van der Waals surface area contributed by atoms with Crippen LogP contribution in [0.1, 0.15) is 27.8 Å². The molecule has 0 N–H and O–H groups in total. The maximum Gasteiger partial charge on any atom is 0.0403 e. The van der Waals surface area contributed by atoms with Gasteiger partial charge in [-0.1, -0.05) is 18.2 Å². The Bertz CT molecular complexity index is 320. The van der Waals surface area contributed by atoms with Gasteiger partial charge in [-0.3, -0.25) is 0 Å². The lowest BCUT2D eigenvalue weighted by molar-refractivity contribution is -0.00000316. The normalized spacial score (nSPS) is 14.9. The molecule has 1 aromatic carbocycles. The Morgan fingerprint density at radius 3 is 2.50 bits per heavy atom. The van der Waals surface area contributed by atoms with Crippen LogP contribution in [0.4, 0.5) is 5.69 Å². The van der Waals surface area contributed by atoms with E-state index in [1.54, 1.807) is 0 Å². The second kappa shape index (κ2) is 3.60. The Balaban J connectivity index is 0.000000980. The molecule has 0 amide bonds. The molecule has 0 saturated carbocycles. The summed E-state index contributed by atoms with van der Waals surface area (Å²) >= 11 is 0. The molecule has 1 aliphatic heterocycles. The van der Waals surface area contributed by atoms with Crippen molar-refractivity contribution in [3.8, 4) is 0 Å². The van der Waals surface area contributed by atoms with Gasteiger partial charge in [0.05, 0.1) is 0 Å². The minimum atomic E-state index is 0. The van der Waals surface area contributed by atoms with E-state index in [-0.39, 0.29) is 11.7 Å². The number of halogens is 1. The van der Waals surface area contributed by atoms with E-state index in [9.17, 15) is 0 Å². The van der Waals surface area contributed by atoms with Gasteiger partial charge in [-0.2, -0.15) is 0 Å². The van der Waals surface area contributed by atoms with Crippen LogP contribution in [0, 0.1) is 0 Å². The fourth-order valence-corrected chi connectivity index (χ4v) is 2.04.